The van der Waals surface area contributed by atoms with Crippen molar-refractivity contribution in [1.82, 2.24) is 0 Å². The van der Waals surface area contributed by atoms with Gasteiger partial charge in [-0.2, -0.15) is 0 Å². The van der Waals surface area contributed by atoms with Gasteiger partial charge in [0.15, 0.2) is 6.10 Å². The highest BCUT2D eigenvalue weighted by molar-refractivity contribution is 5.75. The third-order valence-electron chi connectivity index (χ3n) is 3.32. The number of carbonyl (C=O) groups excluding carboxylic acids is 1. The van der Waals surface area contributed by atoms with Crippen LogP contribution in [-0.2, 0) is 9.53 Å². The number of hydrogen-bond acceptors (Lipinski definition) is 3. The molecule has 2 aromatic rings. The quantitative estimate of drug-likeness (QED) is 0.741. The number of benzene rings is 2. The standard InChI is InChI=1S/C19H20O3/c1-4-16-10-12-18(13-11-16)21-15(3)19(20)22-14(2)17-8-6-5-7-9-17/h4-15H,1H2,2-3H3. The second-order valence-electron chi connectivity index (χ2n) is 5.02. The molecule has 0 saturated heterocycles. The first-order valence-corrected chi connectivity index (χ1v) is 7.24. The van der Waals surface area contributed by atoms with E-state index in [2.05, 4.69) is 6.58 Å². The summed E-state index contributed by atoms with van der Waals surface area (Å²) in [7, 11) is 0. The molecule has 0 N–H and O–H groups in total. The molecular weight excluding hydrogens is 276 g/mol. The summed E-state index contributed by atoms with van der Waals surface area (Å²) < 4.78 is 11.0. The first kappa shape index (κ1) is 15.8. The van der Waals surface area contributed by atoms with E-state index in [9.17, 15) is 4.79 Å². The zero-order valence-corrected chi connectivity index (χ0v) is 12.9. The van der Waals surface area contributed by atoms with Gasteiger partial charge in [-0.1, -0.05) is 55.1 Å². The molecule has 0 aliphatic carbocycles. The molecule has 0 spiro atoms. The molecule has 0 aliphatic heterocycles. The minimum absolute atomic E-state index is 0.303. The lowest BCUT2D eigenvalue weighted by atomic mass is 10.1. The fourth-order valence-electron chi connectivity index (χ4n) is 2.00. The first-order valence-electron chi connectivity index (χ1n) is 7.24. The van der Waals surface area contributed by atoms with Crippen molar-refractivity contribution in [3.63, 3.8) is 0 Å². The zero-order chi connectivity index (χ0) is 15.9. The topological polar surface area (TPSA) is 35.5 Å². The van der Waals surface area contributed by atoms with Gasteiger partial charge in [-0.05, 0) is 37.1 Å². The summed E-state index contributed by atoms with van der Waals surface area (Å²) >= 11 is 0. The van der Waals surface area contributed by atoms with E-state index >= 15 is 0 Å². The van der Waals surface area contributed by atoms with Gasteiger partial charge in [0.25, 0.3) is 0 Å². The SMILES string of the molecule is C=Cc1ccc(OC(C)C(=O)OC(C)c2ccccc2)cc1. The van der Waals surface area contributed by atoms with Crippen LogP contribution in [0.5, 0.6) is 5.75 Å². The van der Waals surface area contributed by atoms with Gasteiger partial charge in [-0.25, -0.2) is 4.79 Å². The molecule has 2 unspecified atom stereocenters. The molecule has 0 fully saturated rings. The number of rotatable bonds is 6. The van der Waals surface area contributed by atoms with E-state index in [1.165, 1.54) is 0 Å². The summed E-state index contributed by atoms with van der Waals surface area (Å²) in [4.78, 5) is 12.1. The van der Waals surface area contributed by atoms with Crippen molar-refractivity contribution >= 4 is 12.0 Å². The maximum absolute atomic E-state index is 12.1. The van der Waals surface area contributed by atoms with E-state index in [0.29, 0.717) is 5.75 Å². The van der Waals surface area contributed by atoms with E-state index in [0.717, 1.165) is 11.1 Å². The van der Waals surface area contributed by atoms with Crippen molar-refractivity contribution in [3.05, 3.63) is 72.3 Å². The summed E-state index contributed by atoms with van der Waals surface area (Å²) in [6.07, 6.45) is 0.784. The van der Waals surface area contributed by atoms with E-state index in [1.807, 2.05) is 49.4 Å². The molecule has 2 rings (SSSR count). The Morgan fingerprint density at radius 2 is 1.68 bits per heavy atom. The van der Waals surface area contributed by atoms with Gasteiger partial charge in [-0.3, -0.25) is 0 Å². The largest absolute Gasteiger partial charge is 0.479 e. The second-order valence-corrected chi connectivity index (χ2v) is 5.02. The minimum Gasteiger partial charge on any atom is -0.479 e. The summed E-state index contributed by atoms with van der Waals surface area (Å²) in [6, 6.07) is 17.0. The lowest BCUT2D eigenvalue weighted by molar-refractivity contribution is -0.156. The number of carbonyl (C=O) groups is 1. The highest BCUT2D eigenvalue weighted by Gasteiger charge is 2.19. The van der Waals surface area contributed by atoms with Crippen molar-refractivity contribution < 1.29 is 14.3 Å². The zero-order valence-electron chi connectivity index (χ0n) is 12.9. The van der Waals surface area contributed by atoms with E-state index in [4.69, 9.17) is 9.47 Å². The molecule has 3 nitrogen and oxygen atoms in total. The highest BCUT2D eigenvalue weighted by atomic mass is 16.6. The molecule has 22 heavy (non-hydrogen) atoms. The Kier molecular flexibility index (Phi) is 5.37. The Hall–Kier alpha value is -2.55. The highest BCUT2D eigenvalue weighted by Crippen LogP contribution is 2.19. The molecule has 0 aromatic heterocycles. The third kappa shape index (κ3) is 4.22. The lowest BCUT2D eigenvalue weighted by Gasteiger charge is -2.18. The van der Waals surface area contributed by atoms with E-state index in [1.54, 1.807) is 25.1 Å². The maximum Gasteiger partial charge on any atom is 0.347 e. The van der Waals surface area contributed by atoms with Gasteiger partial charge in [0, 0.05) is 0 Å². The van der Waals surface area contributed by atoms with Crippen LogP contribution >= 0.6 is 0 Å². The fraction of sp³-hybridized carbons (Fsp3) is 0.211. The Bertz CT molecular complexity index is 617. The predicted octanol–water partition coefficient (Wildman–Crippen LogP) is 4.40. The van der Waals surface area contributed by atoms with Crippen LogP contribution in [0.25, 0.3) is 6.08 Å². The van der Waals surface area contributed by atoms with E-state index < -0.39 is 6.10 Å². The van der Waals surface area contributed by atoms with Crippen LogP contribution in [0.15, 0.2) is 61.2 Å². The summed E-state index contributed by atoms with van der Waals surface area (Å²) in [5, 5.41) is 0. The van der Waals surface area contributed by atoms with Crippen LogP contribution in [0, 0.1) is 0 Å². The molecular formula is C19H20O3. The molecule has 0 bridgehead atoms. The fourth-order valence-corrected chi connectivity index (χ4v) is 2.00. The van der Waals surface area contributed by atoms with Crippen molar-refractivity contribution in [2.45, 2.75) is 26.1 Å². The van der Waals surface area contributed by atoms with Crippen molar-refractivity contribution in [2.75, 3.05) is 0 Å². The van der Waals surface area contributed by atoms with Crippen LogP contribution in [0.2, 0.25) is 0 Å². The Morgan fingerprint density at radius 3 is 2.27 bits per heavy atom. The van der Waals surface area contributed by atoms with Gasteiger partial charge >= 0.3 is 5.97 Å². The Morgan fingerprint density at radius 1 is 1.05 bits per heavy atom. The number of hydrogen-bond donors (Lipinski definition) is 0. The van der Waals surface area contributed by atoms with Gasteiger partial charge in [-0.15, -0.1) is 0 Å². The summed E-state index contributed by atoms with van der Waals surface area (Å²) in [6.45, 7) is 7.22. The predicted molar refractivity (Wildman–Crippen MR) is 87.6 cm³/mol. The third-order valence-corrected chi connectivity index (χ3v) is 3.32. The van der Waals surface area contributed by atoms with Crippen LogP contribution in [0.4, 0.5) is 0 Å². The average Bonchev–Trinajstić information content (AvgIpc) is 2.56. The Balaban J connectivity index is 1.92. The molecule has 0 radical (unpaired) electrons. The summed E-state index contributed by atoms with van der Waals surface area (Å²) in [5.41, 5.74) is 1.96. The molecule has 0 heterocycles. The molecule has 2 atom stereocenters. The molecule has 114 valence electrons. The normalized spacial score (nSPS) is 13.0. The number of esters is 1. The van der Waals surface area contributed by atoms with Crippen LogP contribution in [-0.4, -0.2) is 12.1 Å². The van der Waals surface area contributed by atoms with Crippen molar-refractivity contribution in [2.24, 2.45) is 0 Å². The molecule has 3 heteroatoms. The smallest absolute Gasteiger partial charge is 0.347 e. The summed E-state index contributed by atoms with van der Waals surface area (Å²) in [5.74, 6) is 0.242. The Labute approximate surface area is 131 Å². The van der Waals surface area contributed by atoms with Crippen LogP contribution < -0.4 is 4.74 Å². The lowest BCUT2D eigenvalue weighted by Crippen LogP contribution is -2.27. The minimum atomic E-state index is -0.666. The van der Waals surface area contributed by atoms with Crippen molar-refractivity contribution in [3.8, 4) is 5.75 Å². The monoisotopic (exact) mass is 296 g/mol. The van der Waals surface area contributed by atoms with Crippen LogP contribution in [0.3, 0.4) is 0 Å². The molecule has 0 aliphatic rings. The molecule has 0 saturated carbocycles. The van der Waals surface area contributed by atoms with Crippen molar-refractivity contribution in [1.29, 1.82) is 0 Å². The molecule has 0 amide bonds. The van der Waals surface area contributed by atoms with Gasteiger partial charge in [0.1, 0.15) is 11.9 Å². The second kappa shape index (κ2) is 7.46. The van der Waals surface area contributed by atoms with Gasteiger partial charge in [0.05, 0.1) is 0 Å². The van der Waals surface area contributed by atoms with Gasteiger partial charge < -0.3 is 9.47 Å². The van der Waals surface area contributed by atoms with E-state index in [-0.39, 0.29) is 12.1 Å². The van der Waals surface area contributed by atoms with Gasteiger partial charge in [0.2, 0.25) is 0 Å². The average molecular weight is 296 g/mol. The first-order chi connectivity index (χ1) is 10.6. The number of ether oxygens (including phenoxy) is 2. The molecule has 2 aromatic carbocycles. The maximum atomic E-state index is 12.1. The van der Waals surface area contributed by atoms with Crippen LogP contribution in [0.1, 0.15) is 31.1 Å².